The Morgan fingerprint density at radius 1 is 1.04 bits per heavy atom. The second-order valence-corrected chi connectivity index (χ2v) is 6.77. The van der Waals surface area contributed by atoms with Gasteiger partial charge in [-0.2, -0.15) is 0 Å². The predicted molar refractivity (Wildman–Crippen MR) is 109 cm³/mol. The number of nitrogens with one attached hydrogen (secondary N) is 1. The van der Waals surface area contributed by atoms with Gasteiger partial charge in [-0.3, -0.25) is 4.90 Å². The van der Waals surface area contributed by atoms with Crippen LogP contribution < -0.4 is 14.8 Å². The molecule has 3 rings (SSSR count). The van der Waals surface area contributed by atoms with Gasteiger partial charge in [-0.1, -0.05) is 12.1 Å². The number of hydrogen-bond acceptors (Lipinski definition) is 4. The number of hydrogen-bond donors (Lipinski definition) is 1. The minimum atomic E-state index is -0.201. The first-order valence-electron chi connectivity index (χ1n) is 8.84. The predicted octanol–water partition coefficient (Wildman–Crippen LogP) is 3.36. The first-order chi connectivity index (χ1) is 13.1. The molecule has 0 atom stereocenters. The molecule has 1 aliphatic rings. The van der Waals surface area contributed by atoms with Gasteiger partial charge in [-0.15, -0.1) is 0 Å². The Balaban J connectivity index is 1.55. The van der Waals surface area contributed by atoms with Crippen LogP contribution in [0.5, 0.6) is 11.5 Å². The lowest BCUT2D eigenvalue weighted by Gasteiger charge is -2.36. The first-order valence-corrected chi connectivity index (χ1v) is 9.24. The Labute approximate surface area is 164 Å². The topological polar surface area (TPSA) is 37.0 Å². The highest BCUT2D eigenvalue weighted by atomic mass is 32.1. The minimum Gasteiger partial charge on any atom is -0.497 e. The molecule has 5 nitrogen and oxygen atoms in total. The van der Waals surface area contributed by atoms with E-state index in [0.29, 0.717) is 10.9 Å². The van der Waals surface area contributed by atoms with Crippen LogP contribution >= 0.6 is 12.2 Å². The van der Waals surface area contributed by atoms with E-state index in [1.807, 2.05) is 30.3 Å². The molecule has 1 aliphatic heterocycles. The van der Waals surface area contributed by atoms with E-state index in [0.717, 1.165) is 49.7 Å². The zero-order valence-corrected chi connectivity index (χ0v) is 16.4. The van der Waals surface area contributed by atoms with Crippen LogP contribution in [0.4, 0.5) is 10.1 Å². The molecule has 2 aromatic rings. The third-order valence-electron chi connectivity index (χ3n) is 4.63. The lowest BCUT2D eigenvalue weighted by molar-refractivity contribution is 0.177. The van der Waals surface area contributed by atoms with Gasteiger partial charge in [-0.05, 0) is 42.0 Å². The van der Waals surface area contributed by atoms with Gasteiger partial charge in [0.15, 0.2) is 5.11 Å². The van der Waals surface area contributed by atoms with Crippen LogP contribution in [-0.2, 0) is 6.54 Å². The summed E-state index contributed by atoms with van der Waals surface area (Å²) in [4.78, 5) is 4.49. The van der Waals surface area contributed by atoms with Gasteiger partial charge in [0.25, 0.3) is 0 Å². The van der Waals surface area contributed by atoms with E-state index < -0.39 is 0 Å². The highest BCUT2D eigenvalue weighted by Crippen LogP contribution is 2.29. The van der Waals surface area contributed by atoms with Crippen molar-refractivity contribution in [1.82, 2.24) is 9.80 Å². The molecule has 0 aliphatic carbocycles. The van der Waals surface area contributed by atoms with Crippen LogP contribution in [0.3, 0.4) is 0 Å². The number of rotatable bonds is 5. The summed E-state index contributed by atoms with van der Waals surface area (Å²) >= 11 is 5.58. The standard InChI is InChI=1S/C20H24FN3O2S/c1-25-17-7-8-19(26-2)18(13-17)22-20(27)24-11-9-23(10-12-24)14-15-3-5-16(21)6-4-15/h3-8,13H,9-12,14H2,1-2H3,(H,22,27). The summed E-state index contributed by atoms with van der Waals surface area (Å²) in [7, 11) is 3.26. The van der Waals surface area contributed by atoms with Crippen molar-refractivity contribution >= 4 is 23.0 Å². The molecule has 0 saturated carbocycles. The van der Waals surface area contributed by atoms with Crippen LogP contribution in [0, 0.1) is 5.82 Å². The van der Waals surface area contributed by atoms with Crippen LogP contribution in [0.25, 0.3) is 0 Å². The molecule has 0 radical (unpaired) electrons. The van der Waals surface area contributed by atoms with Gasteiger partial charge in [0.05, 0.1) is 19.9 Å². The molecular formula is C20H24FN3O2S. The van der Waals surface area contributed by atoms with E-state index >= 15 is 0 Å². The number of ether oxygens (including phenoxy) is 2. The maximum Gasteiger partial charge on any atom is 0.173 e. The maximum absolute atomic E-state index is 13.0. The molecule has 0 amide bonds. The van der Waals surface area contributed by atoms with Crippen LogP contribution in [-0.4, -0.2) is 55.3 Å². The molecular weight excluding hydrogens is 365 g/mol. The van der Waals surface area contributed by atoms with E-state index in [-0.39, 0.29) is 5.82 Å². The van der Waals surface area contributed by atoms with Crippen molar-refractivity contribution in [2.45, 2.75) is 6.54 Å². The number of thiocarbonyl (C=S) groups is 1. The van der Waals surface area contributed by atoms with Crippen molar-refractivity contribution in [1.29, 1.82) is 0 Å². The minimum absolute atomic E-state index is 0.201. The molecule has 1 saturated heterocycles. The quantitative estimate of drug-likeness (QED) is 0.791. The SMILES string of the molecule is COc1ccc(OC)c(NC(=S)N2CCN(Cc3ccc(F)cc3)CC2)c1. The average molecular weight is 389 g/mol. The third kappa shape index (κ3) is 5.08. The van der Waals surface area contributed by atoms with E-state index in [1.165, 1.54) is 12.1 Å². The molecule has 144 valence electrons. The van der Waals surface area contributed by atoms with Crippen molar-refractivity contribution in [3.63, 3.8) is 0 Å². The van der Waals surface area contributed by atoms with Crippen molar-refractivity contribution in [2.24, 2.45) is 0 Å². The van der Waals surface area contributed by atoms with Gasteiger partial charge in [0, 0.05) is 38.8 Å². The Morgan fingerprint density at radius 2 is 1.74 bits per heavy atom. The lowest BCUT2D eigenvalue weighted by atomic mass is 10.2. The smallest absolute Gasteiger partial charge is 0.173 e. The van der Waals surface area contributed by atoms with Crippen molar-refractivity contribution in [2.75, 3.05) is 45.7 Å². The van der Waals surface area contributed by atoms with E-state index in [2.05, 4.69) is 15.1 Å². The molecule has 0 bridgehead atoms. The van der Waals surface area contributed by atoms with Gasteiger partial charge in [0.2, 0.25) is 0 Å². The zero-order chi connectivity index (χ0) is 19.2. The summed E-state index contributed by atoms with van der Waals surface area (Å²) in [5.74, 6) is 1.26. The Kier molecular flexibility index (Phi) is 6.47. The molecule has 0 unspecified atom stereocenters. The molecule has 0 spiro atoms. The number of piperazine rings is 1. The third-order valence-corrected chi connectivity index (χ3v) is 4.99. The normalized spacial score (nSPS) is 14.7. The fourth-order valence-corrected chi connectivity index (χ4v) is 3.36. The van der Waals surface area contributed by atoms with Crippen LogP contribution in [0.15, 0.2) is 42.5 Å². The highest BCUT2D eigenvalue weighted by Gasteiger charge is 2.20. The Hall–Kier alpha value is -2.38. The highest BCUT2D eigenvalue weighted by molar-refractivity contribution is 7.80. The molecule has 0 aromatic heterocycles. The second kappa shape index (κ2) is 9.01. The molecule has 1 fully saturated rings. The number of halogens is 1. The maximum atomic E-state index is 13.0. The van der Waals surface area contributed by atoms with Crippen molar-refractivity contribution in [3.8, 4) is 11.5 Å². The number of benzene rings is 2. The first kappa shape index (κ1) is 19.4. The van der Waals surface area contributed by atoms with E-state index in [4.69, 9.17) is 21.7 Å². The summed E-state index contributed by atoms with van der Waals surface area (Å²) in [5, 5.41) is 3.94. The monoisotopic (exact) mass is 389 g/mol. The fourth-order valence-electron chi connectivity index (χ4n) is 3.06. The van der Waals surface area contributed by atoms with Crippen molar-refractivity contribution < 1.29 is 13.9 Å². The van der Waals surface area contributed by atoms with Gasteiger partial charge in [-0.25, -0.2) is 4.39 Å². The second-order valence-electron chi connectivity index (χ2n) is 6.39. The van der Waals surface area contributed by atoms with Crippen molar-refractivity contribution in [3.05, 3.63) is 53.8 Å². The molecule has 27 heavy (non-hydrogen) atoms. The summed E-state index contributed by atoms with van der Waals surface area (Å²) in [5.41, 5.74) is 1.90. The number of nitrogens with zero attached hydrogens (tertiary/aromatic N) is 2. The summed E-state index contributed by atoms with van der Waals surface area (Å²) in [6.07, 6.45) is 0. The molecule has 1 heterocycles. The van der Waals surface area contributed by atoms with Crippen LogP contribution in [0.2, 0.25) is 0 Å². The van der Waals surface area contributed by atoms with Gasteiger partial charge >= 0.3 is 0 Å². The molecule has 7 heteroatoms. The molecule has 1 N–H and O–H groups in total. The summed E-state index contributed by atoms with van der Waals surface area (Å²) in [6, 6.07) is 12.3. The Bertz CT molecular complexity index is 777. The largest absolute Gasteiger partial charge is 0.497 e. The number of methoxy groups -OCH3 is 2. The number of anilines is 1. The lowest BCUT2D eigenvalue weighted by Crippen LogP contribution is -2.49. The van der Waals surface area contributed by atoms with Gasteiger partial charge in [0.1, 0.15) is 17.3 Å². The summed E-state index contributed by atoms with van der Waals surface area (Å²) < 4.78 is 23.7. The molecule has 2 aromatic carbocycles. The summed E-state index contributed by atoms with van der Waals surface area (Å²) in [6.45, 7) is 4.28. The Morgan fingerprint density at radius 3 is 2.37 bits per heavy atom. The van der Waals surface area contributed by atoms with Gasteiger partial charge < -0.3 is 19.7 Å². The van der Waals surface area contributed by atoms with Crippen LogP contribution in [0.1, 0.15) is 5.56 Å². The average Bonchev–Trinajstić information content (AvgIpc) is 2.70. The fraction of sp³-hybridized carbons (Fsp3) is 0.350. The van der Waals surface area contributed by atoms with E-state index in [9.17, 15) is 4.39 Å². The van der Waals surface area contributed by atoms with E-state index in [1.54, 1.807) is 14.2 Å². The zero-order valence-electron chi connectivity index (χ0n) is 15.6.